The lowest BCUT2D eigenvalue weighted by molar-refractivity contribution is -0.121. The van der Waals surface area contributed by atoms with Gasteiger partial charge in [0.05, 0.1) is 0 Å². The molecule has 0 radical (unpaired) electrons. The molecular formula is C10H15BO5. The molecular weight excluding hydrogens is 211 g/mol. The van der Waals surface area contributed by atoms with Crippen LogP contribution in [0.2, 0.25) is 0 Å². The van der Waals surface area contributed by atoms with Crippen LogP contribution in [-0.2, 0) is 9.47 Å². The van der Waals surface area contributed by atoms with E-state index in [0.717, 1.165) is 0 Å². The van der Waals surface area contributed by atoms with Crippen molar-refractivity contribution in [2.45, 2.75) is 6.29 Å². The molecule has 0 saturated heterocycles. The van der Waals surface area contributed by atoms with Crippen LogP contribution in [0.1, 0.15) is 0 Å². The van der Waals surface area contributed by atoms with E-state index in [4.69, 9.17) is 24.3 Å². The average molecular weight is 226 g/mol. The summed E-state index contributed by atoms with van der Waals surface area (Å²) < 4.78 is 15.3. The Labute approximate surface area is 94.7 Å². The van der Waals surface area contributed by atoms with E-state index >= 15 is 0 Å². The summed E-state index contributed by atoms with van der Waals surface area (Å²) in [5.41, 5.74) is 0.419. The second-order valence-corrected chi connectivity index (χ2v) is 3.15. The number of ether oxygens (including phenoxy) is 3. The summed E-state index contributed by atoms with van der Waals surface area (Å²) in [5.74, 6) is 0.614. The molecule has 0 aliphatic carbocycles. The molecule has 0 spiro atoms. The minimum absolute atomic E-state index is 0.272. The Bertz CT molecular complexity index is 297. The second-order valence-electron chi connectivity index (χ2n) is 3.15. The van der Waals surface area contributed by atoms with Crippen molar-refractivity contribution in [3.8, 4) is 5.75 Å². The molecule has 0 atom stereocenters. The van der Waals surface area contributed by atoms with Crippen LogP contribution in [0.25, 0.3) is 0 Å². The Morgan fingerprint density at radius 2 is 1.69 bits per heavy atom. The van der Waals surface area contributed by atoms with E-state index in [1.165, 1.54) is 14.2 Å². The molecule has 6 heteroatoms. The number of methoxy groups -OCH3 is 2. The van der Waals surface area contributed by atoms with Crippen molar-refractivity contribution in [2.75, 3.05) is 20.8 Å². The SMILES string of the molecule is COC(COc1ccc(B(O)O)cc1)OC. The van der Waals surface area contributed by atoms with Gasteiger partial charge in [-0.25, -0.2) is 0 Å². The number of hydrogen-bond acceptors (Lipinski definition) is 5. The number of benzene rings is 1. The van der Waals surface area contributed by atoms with E-state index in [0.29, 0.717) is 11.2 Å². The Hall–Kier alpha value is -1.08. The minimum atomic E-state index is -1.46. The van der Waals surface area contributed by atoms with Crippen molar-refractivity contribution in [3.63, 3.8) is 0 Å². The van der Waals surface area contributed by atoms with E-state index in [9.17, 15) is 0 Å². The maximum absolute atomic E-state index is 8.88. The highest BCUT2D eigenvalue weighted by Gasteiger charge is 2.10. The van der Waals surface area contributed by atoms with Gasteiger partial charge in [-0.2, -0.15) is 0 Å². The van der Waals surface area contributed by atoms with Gasteiger partial charge in [0.25, 0.3) is 0 Å². The van der Waals surface area contributed by atoms with Crippen LogP contribution in [0.4, 0.5) is 0 Å². The summed E-state index contributed by atoms with van der Waals surface area (Å²) in [7, 11) is 1.60. The van der Waals surface area contributed by atoms with Gasteiger partial charge in [0, 0.05) is 14.2 Å². The van der Waals surface area contributed by atoms with Crippen molar-refractivity contribution in [2.24, 2.45) is 0 Å². The highest BCUT2D eigenvalue weighted by atomic mass is 16.7. The summed E-state index contributed by atoms with van der Waals surface area (Å²) in [6, 6.07) is 6.46. The van der Waals surface area contributed by atoms with Gasteiger partial charge < -0.3 is 24.3 Å². The maximum Gasteiger partial charge on any atom is 0.488 e. The van der Waals surface area contributed by atoms with Crippen LogP contribution in [0, 0.1) is 0 Å². The molecule has 0 amide bonds. The maximum atomic E-state index is 8.88. The predicted molar refractivity (Wildman–Crippen MR) is 59.6 cm³/mol. The summed E-state index contributed by atoms with van der Waals surface area (Å²) in [5, 5.41) is 17.8. The van der Waals surface area contributed by atoms with Gasteiger partial charge in [-0.05, 0) is 17.6 Å². The van der Waals surface area contributed by atoms with Gasteiger partial charge in [-0.1, -0.05) is 12.1 Å². The Morgan fingerprint density at radius 3 is 2.12 bits per heavy atom. The number of hydrogen-bond donors (Lipinski definition) is 2. The number of rotatable bonds is 6. The molecule has 0 aliphatic heterocycles. The molecule has 0 saturated carbocycles. The Balaban J connectivity index is 2.49. The smallest absolute Gasteiger partial charge is 0.488 e. The Kier molecular flexibility index (Phi) is 5.27. The highest BCUT2D eigenvalue weighted by molar-refractivity contribution is 6.58. The lowest BCUT2D eigenvalue weighted by Gasteiger charge is -2.14. The van der Waals surface area contributed by atoms with Crippen LogP contribution in [-0.4, -0.2) is 44.3 Å². The standard InChI is InChI=1S/C10H15BO5/c1-14-10(15-2)7-16-9-5-3-8(4-6-9)11(12)13/h3-6,10,12-13H,7H2,1-2H3. The van der Waals surface area contributed by atoms with E-state index in [2.05, 4.69) is 0 Å². The van der Waals surface area contributed by atoms with Crippen LogP contribution in [0.3, 0.4) is 0 Å². The van der Waals surface area contributed by atoms with Crippen molar-refractivity contribution in [1.82, 2.24) is 0 Å². The van der Waals surface area contributed by atoms with Gasteiger partial charge in [-0.3, -0.25) is 0 Å². The summed E-state index contributed by atoms with van der Waals surface area (Å²) in [4.78, 5) is 0. The quantitative estimate of drug-likeness (QED) is 0.499. The monoisotopic (exact) mass is 226 g/mol. The molecule has 0 aromatic heterocycles. The average Bonchev–Trinajstić information content (AvgIpc) is 2.31. The molecule has 0 fully saturated rings. The van der Waals surface area contributed by atoms with Gasteiger partial charge in [0.1, 0.15) is 12.4 Å². The lowest BCUT2D eigenvalue weighted by Crippen LogP contribution is -2.29. The second kappa shape index (κ2) is 6.50. The molecule has 0 unspecified atom stereocenters. The largest absolute Gasteiger partial charge is 0.488 e. The van der Waals surface area contributed by atoms with E-state index in [-0.39, 0.29) is 6.61 Å². The third kappa shape index (κ3) is 3.82. The first-order chi connectivity index (χ1) is 7.67. The zero-order chi connectivity index (χ0) is 12.0. The van der Waals surface area contributed by atoms with Crippen molar-refractivity contribution in [3.05, 3.63) is 24.3 Å². The first-order valence-electron chi connectivity index (χ1n) is 4.82. The Morgan fingerprint density at radius 1 is 1.12 bits per heavy atom. The van der Waals surface area contributed by atoms with Crippen LogP contribution in [0.15, 0.2) is 24.3 Å². The summed E-state index contributed by atoms with van der Waals surface area (Å²) >= 11 is 0. The summed E-state index contributed by atoms with van der Waals surface area (Å²) in [6.07, 6.45) is -0.414. The predicted octanol–water partition coefficient (Wildman–Crippen LogP) is -0.636. The fraction of sp³-hybridized carbons (Fsp3) is 0.400. The van der Waals surface area contributed by atoms with Crippen molar-refractivity contribution in [1.29, 1.82) is 0 Å². The molecule has 0 heterocycles. The lowest BCUT2D eigenvalue weighted by atomic mass is 9.80. The molecule has 0 aliphatic rings. The highest BCUT2D eigenvalue weighted by Crippen LogP contribution is 2.08. The molecule has 1 rings (SSSR count). The molecule has 5 nitrogen and oxygen atoms in total. The third-order valence-corrected chi connectivity index (χ3v) is 2.09. The van der Waals surface area contributed by atoms with E-state index < -0.39 is 13.4 Å². The molecule has 2 N–H and O–H groups in total. The zero-order valence-corrected chi connectivity index (χ0v) is 9.29. The van der Waals surface area contributed by atoms with Crippen molar-refractivity contribution < 1.29 is 24.3 Å². The topological polar surface area (TPSA) is 68.2 Å². The van der Waals surface area contributed by atoms with Gasteiger partial charge in [0.15, 0.2) is 6.29 Å². The third-order valence-electron chi connectivity index (χ3n) is 2.09. The molecule has 0 bridgehead atoms. The molecule has 88 valence electrons. The van der Waals surface area contributed by atoms with Gasteiger partial charge >= 0.3 is 7.12 Å². The van der Waals surface area contributed by atoms with Gasteiger partial charge in [0.2, 0.25) is 0 Å². The van der Waals surface area contributed by atoms with E-state index in [1.54, 1.807) is 24.3 Å². The zero-order valence-electron chi connectivity index (χ0n) is 9.29. The van der Waals surface area contributed by atoms with Crippen LogP contribution >= 0.6 is 0 Å². The molecule has 1 aromatic rings. The van der Waals surface area contributed by atoms with Crippen LogP contribution in [0.5, 0.6) is 5.75 Å². The van der Waals surface area contributed by atoms with Gasteiger partial charge in [-0.15, -0.1) is 0 Å². The fourth-order valence-electron chi connectivity index (χ4n) is 1.13. The first-order valence-corrected chi connectivity index (χ1v) is 4.82. The van der Waals surface area contributed by atoms with Crippen molar-refractivity contribution >= 4 is 12.6 Å². The first kappa shape index (κ1) is 13.0. The normalized spacial score (nSPS) is 10.6. The van der Waals surface area contributed by atoms with E-state index in [1.807, 2.05) is 0 Å². The molecule has 1 aromatic carbocycles. The summed E-state index contributed by atoms with van der Waals surface area (Å²) in [6.45, 7) is 0.272. The van der Waals surface area contributed by atoms with Crippen LogP contribution < -0.4 is 10.2 Å². The minimum Gasteiger partial charge on any atom is -0.488 e. The fourth-order valence-corrected chi connectivity index (χ4v) is 1.13. The molecule has 16 heavy (non-hydrogen) atoms.